The summed E-state index contributed by atoms with van der Waals surface area (Å²) < 4.78 is 13.0. The number of fused-ring (bicyclic) bond motifs is 2. The van der Waals surface area contributed by atoms with Crippen molar-refractivity contribution in [2.24, 2.45) is 11.8 Å². The van der Waals surface area contributed by atoms with Gasteiger partial charge in [0.1, 0.15) is 24.4 Å². The summed E-state index contributed by atoms with van der Waals surface area (Å²) in [5.74, 6) is -2.95. The summed E-state index contributed by atoms with van der Waals surface area (Å²) in [5.41, 5.74) is -0.523. The van der Waals surface area contributed by atoms with Crippen LogP contribution in [0.4, 0.5) is 0 Å². The smallest absolute Gasteiger partial charge is 0.306 e. The van der Waals surface area contributed by atoms with Gasteiger partial charge in [0.2, 0.25) is 17.7 Å². The van der Waals surface area contributed by atoms with E-state index in [1.807, 2.05) is 53.5 Å². The molecule has 3 fully saturated rings. The van der Waals surface area contributed by atoms with E-state index >= 15 is 0 Å². The molecule has 0 aromatic heterocycles. The highest BCUT2D eigenvalue weighted by Gasteiger charge is 2.74. The number of carbonyl (C=O) groups excluding carboxylic acids is 4. The van der Waals surface area contributed by atoms with Crippen molar-refractivity contribution in [1.29, 1.82) is 0 Å². The molecule has 2 N–H and O–H groups in total. The second-order valence-electron chi connectivity index (χ2n) is 13.1. The van der Waals surface area contributed by atoms with Gasteiger partial charge in [-0.2, -0.15) is 0 Å². The maximum absolute atomic E-state index is 14.9. The van der Waals surface area contributed by atoms with Crippen LogP contribution in [0.25, 0.3) is 0 Å². The van der Waals surface area contributed by atoms with Gasteiger partial charge in [-0.1, -0.05) is 77.7 Å². The number of aliphatic hydroxyl groups is 1. The molecular formula is C35H44BrN3O7. The Morgan fingerprint density at radius 2 is 1.76 bits per heavy atom. The van der Waals surface area contributed by atoms with Gasteiger partial charge in [-0.15, -0.1) is 0 Å². The number of cyclic esters (lactones) is 1. The molecule has 5 aliphatic rings. The minimum Gasteiger partial charge on any atom is -0.463 e. The van der Waals surface area contributed by atoms with E-state index in [1.54, 1.807) is 4.90 Å². The second-order valence-corrected chi connectivity index (χ2v) is 14.0. The van der Waals surface area contributed by atoms with Gasteiger partial charge >= 0.3 is 5.97 Å². The van der Waals surface area contributed by atoms with Crippen molar-refractivity contribution in [2.75, 3.05) is 26.3 Å². The fourth-order valence-corrected chi connectivity index (χ4v) is 8.74. The number of hydrogen-bond acceptors (Lipinski definition) is 7. The van der Waals surface area contributed by atoms with E-state index in [1.165, 1.54) is 0 Å². The lowest BCUT2D eigenvalue weighted by Gasteiger charge is -2.40. The van der Waals surface area contributed by atoms with Crippen molar-refractivity contribution < 1.29 is 33.8 Å². The van der Waals surface area contributed by atoms with Crippen molar-refractivity contribution in [3.63, 3.8) is 0 Å². The van der Waals surface area contributed by atoms with Crippen LogP contribution >= 0.6 is 15.9 Å². The zero-order chi connectivity index (χ0) is 32.3. The number of nitrogens with zero attached hydrogens (tertiary/aromatic N) is 2. The number of ether oxygens (including phenoxy) is 2. The number of benzene rings is 1. The third-order valence-corrected chi connectivity index (χ3v) is 10.9. The summed E-state index contributed by atoms with van der Waals surface area (Å²) in [6.07, 6.45) is 12.5. The first-order valence-electron chi connectivity index (χ1n) is 16.8. The van der Waals surface area contributed by atoms with Crippen molar-refractivity contribution in [3.05, 3.63) is 58.6 Å². The van der Waals surface area contributed by atoms with Crippen LogP contribution in [0.1, 0.15) is 75.8 Å². The molecule has 248 valence electrons. The standard InChI is InChI=1S/C35H44BrN3O7/c36-25-21-35-29-28(30(25)46-35)32(42)37-26(23-13-5-1-6-14-23)22-45-27(41)17-9-3-10-18-38(24-15-7-2-8-16-24)34(44)31(35)39(33(29)43)19-11-4-12-20-40/h1,3,5-6,10,13-14,21,24,26,28-31,40H,2,4,7-9,11-12,15-20,22H2,(H,37,42)/b10-3-/t26-,28-,29+,30-,31-,35+/m1/s1. The molecule has 1 aliphatic carbocycles. The van der Waals surface area contributed by atoms with E-state index < -0.39 is 35.6 Å². The molecule has 1 spiro atoms. The highest BCUT2D eigenvalue weighted by atomic mass is 79.9. The van der Waals surface area contributed by atoms with E-state index in [9.17, 15) is 24.3 Å². The highest BCUT2D eigenvalue weighted by molar-refractivity contribution is 9.11. The third-order valence-electron chi connectivity index (χ3n) is 10.2. The van der Waals surface area contributed by atoms with E-state index in [0.29, 0.717) is 43.3 Å². The second kappa shape index (κ2) is 14.4. The number of hydrogen-bond donors (Lipinski definition) is 2. The summed E-state index contributed by atoms with van der Waals surface area (Å²) in [5, 5.41) is 12.4. The number of allylic oxidation sites excluding steroid dienone is 1. The van der Waals surface area contributed by atoms with Crippen LogP contribution in [-0.2, 0) is 28.7 Å². The van der Waals surface area contributed by atoms with Crippen LogP contribution in [0.5, 0.6) is 0 Å². The quantitative estimate of drug-likeness (QED) is 0.251. The molecule has 0 unspecified atom stereocenters. The number of nitrogens with one attached hydrogen (secondary N) is 1. The number of likely N-dealkylation sites (tertiary alicyclic amines) is 1. The zero-order valence-electron chi connectivity index (χ0n) is 26.2. The van der Waals surface area contributed by atoms with Gasteiger partial charge in [-0.25, -0.2) is 0 Å². The van der Waals surface area contributed by atoms with Gasteiger partial charge in [0.15, 0.2) is 0 Å². The molecule has 0 radical (unpaired) electrons. The fraction of sp³-hybridized carbons (Fsp3) is 0.600. The SMILES string of the molecule is O=C1CC/C=C\CN(C2CCCCC2)C(=O)[C@H]2N(CCCCCO)C(=O)[C@@H]3[C@@H](C(=O)N[C@@H](c4ccccc4)CO1)[C@@H]1O[C@@]32C=C1Br. The normalized spacial score (nSPS) is 33.1. The number of amides is 3. The number of esters is 1. The Morgan fingerprint density at radius 3 is 2.52 bits per heavy atom. The molecule has 6 rings (SSSR count). The molecule has 4 aliphatic heterocycles. The van der Waals surface area contributed by atoms with Gasteiger partial charge in [-0.05, 0) is 50.2 Å². The van der Waals surface area contributed by atoms with Crippen molar-refractivity contribution in [1.82, 2.24) is 15.1 Å². The van der Waals surface area contributed by atoms with Crippen molar-refractivity contribution in [2.45, 2.75) is 94.0 Å². The monoisotopic (exact) mass is 697 g/mol. The van der Waals surface area contributed by atoms with E-state index in [4.69, 9.17) is 9.47 Å². The molecule has 4 heterocycles. The fourth-order valence-electron chi connectivity index (χ4n) is 8.00. The molecule has 2 saturated heterocycles. The minimum atomic E-state index is -1.30. The summed E-state index contributed by atoms with van der Waals surface area (Å²) >= 11 is 3.64. The Morgan fingerprint density at radius 1 is 0.978 bits per heavy atom. The Labute approximate surface area is 278 Å². The van der Waals surface area contributed by atoms with Gasteiger partial charge in [0.05, 0.1) is 17.9 Å². The molecule has 5 bridgehead atoms. The summed E-state index contributed by atoms with van der Waals surface area (Å²) in [4.78, 5) is 59.9. The molecule has 1 aromatic rings. The summed E-state index contributed by atoms with van der Waals surface area (Å²) in [6, 6.07) is 7.78. The largest absolute Gasteiger partial charge is 0.463 e. The average Bonchev–Trinajstić information content (AvgIpc) is 3.66. The molecule has 6 atom stereocenters. The third kappa shape index (κ3) is 6.30. The molecular weight excluding hydrogens is 654 g/mol. The van der Waals surface area contributed by atoms with Gasteiger partial charge in [-0.3, -0.25) is 19.2 Å². The van der Waals surface area contributed by atoms with Crippen LogP contribution in [0.3, 0.4) is 0 Å². The van der Waals surface area contributed by atoms with Crippen LogP contribution in [0.15, 0.2) is 53.0 Å². The molecule has 11 heteroatoms. The first-order valence-corrected chi connectivity index (χ1v) is 17.6. The van der Waals surface area contributed by atoms with Crippen LogP contribution in [0, 0.1) is 11.8 Å². The lowest BCUT2D eigenvalue weighted by molar-refractivity contribution is -0.149. The molecule has 10 nitrogen and oxygen atoms in total. The number of aliphatic hydroxyl groups excluding tert-OH is 1. The number of unbranched alkanes of at least 4 members (excludes halogenated alkanes) is 2. The Balaban J connectivity index is 1.40. The Bertz CT molecular complexity index is 1360. The molecule has 1 saturated carbocycles. The van der Waals surface area contributed by atoms with E-state index in [-0.39, 0.29) is 49.4 Å². The predicted molar refractivity (Wildman–Crippen MR) is 173 cm³/mol. The number of rotatable bonds is 7. The first-order chi connectivity index (χ1) is 22.4. The van der Waals surface area contributed by atoms with Gasteiger partial charge < -0.3 is 29.7 Å². The number of carbonyl (C=O) groups is 4. The first kappa shape index (κ1) is 32.9. The predicted octanol–water partition coefficient (Wildman–Crippen LogP) is 3.93. The van der Waals surface area contributed by atoms with E-state index in [0.717, 1.165) is 37.7 Å². The maximum Gasteiger partial charge on any atom is 0.306 e. The van der Waals surface area contributed by atoms with Gasteiger partial charge in [0, 0.05) is 36.6 Å². The lowest BCUT2D eigenvalue weighted by atomic mass is 9.73. The number of halogens is 1. The average molecular weight is 699 g/mol. The molecule has 1 aromatic carbocycles. The minimum absolute atomic E-state index is 0.0245. The van der Waals surface area contributed by atoms with Crippen LogP contribution < -0.4 is 5.32 Å². The maximum atomic E-state index is 14.9. The molecule has 3 amide bonds. The Hall–Kier alpha value is -3.02. The lowest BCUT2D eigenvalue weighted by Crippen LogP contribution is -2.58. The zero-order valence-corrected chi connectivity index (χ0v) is 27.7. The van der Waals surface area contributed by atoms with Crippen molar-refractivity contribution in [3.8, 4) is 0 Å². The van der Waals surface area contributed by atoms with Crippen LogP contribution in [-0.4, -0.2) is 88.7 Å². The Kier molecular flexibility index (Phi) is 10.3. The molecule has 46 heavy (non-hydrogen) atoms. The van der Waals surface area contributed by atoms with E-state index in [2.05, 4.69) is 21.2 Å². The van der Waals surface area contributed by atoms with Crippen molar-refractivity contribution >= 4 is 39.6 Å². The van der Waals surface area contributed by atoms with Crippen LogP contribution in [0.2, 0.25) is 0 Å². The summed E-state index contributed by atoms with van der Waals surface area (Å²) in [6.45, 7) is 0.699. The topological polar surface area (TPSA) is 125 Å². The van der Waals surface area contributed by atoms with Gasteiger partial charge in [0.25, 0.3) is 0 Å². The summed E-state index contributed by atoms with van der Waals surface area (Å²) in [7, 11) is 0. The highest BCUT2D eigenvalue weighted by Crippen LogP contribution is 2.58.